The van der Waals surface area contributed by atoms with E-state index in [1.807, 2.05) is 20.8 Å². The summed E-state index contributed by atoms with van der Waals surface area (Å²) in [5.74, 6) is -6.75. The molecule has 0 aliphatic carbocycles. The highest BCUT2D eigenvalue weighted by molar-refractivity contribution is 5.96. The summed E-state index contributed by atoms with van der Waals surface area (Å²) in [6.07, 6.45) is 0.338. The lowest BCUT2D eigenvalue weighted by atomic mass is 9.90. The zero-order valence-electron chi connectivity index (χ0n) is 37.2. The Morgan fingerprint density at radius 1 is 0.917 bits per heavy atom. The van der Waals surface area contributed by atoms with Gasteiger partial charge in [-0.25, -0.2) is 14.0 Å². The van der Waals surface area contributed by atoms with Crippen LogP contribution in [0.4, 0.5) is 4.39 Å². The van der Waals surface area contributed by atoms with Gasteiger partial charge in [-0.2, -0.15) is 0 Å². The molecule has 1 aromatic rings. The molecule has 0 saturated carbocycles. The SMILES string of the molecule is C/C=C(\C)[C@H]1OC(=O)[C@@H](C)NC(=O)[C@H](C(C)CC)NC(=O)CN(C)C(=O)[C@@H](Cc2ccc(F)cc2)N(C)C(=O)[C@H](C)NC(=O)[C@@H](CC(C)C)OC(=O)/C(C)=C/C[C@H](O)[C@@H]1C. The molecule has 0 fully saturated rings. The van der Waals surface area contributed by atoms with Crippen molar-refractivity contribution in [3.8, 4) is 0 Å². The number of carbonyl (C=O) groups is 7. The molecule has 4 N–H and O–H groups in total. The number of amides is 5. The summed E-state index contributed by atoms with van der Waals surface area (Å²) in [7, 11) is 2.73. The van der Waals surface area contributed by atoms with Crippen molar-refractivity contribution < 1.29 is 52.5 Å². The molecule has 1 aliphatic heterocycles. The summed E-state index contributed by atoms with van der Waals surface area (Å²) < 4.78 is 25.3. The minimum Gasteiger partial charge on any atom is -0.456 e. The van der Waals surface area contributed by atoms with Gasteiger partial charge in [0.05, 0.1) is 12.6 Å². The van der Waals surface area contributed by atoms with Crippen molar-refractivity contribution in [3.05, 3.63) is 58.9 Å². The third-order valence-electron chi connectivity index (χ3n) is 10.9. The van der Waals surface area contributed by atoms with E-state index < -0.39 is 108 Å². The smallest absolute Gasteiger partial charge is 0.334 e. The Morgan fingerprint density at radius 2 is 1.52 bits per heavy atom. The number of aliphatic hydroxyl groups is 1. The molecule has 9 atom stereocenters. The van der Waals surface area contributed by atoms with Crippen molar-refractivity contribution in [2.24, 2.45) is 17.8 Å². The van der Waals surface area contributed by atoms with E-state index in [2.05, 4.69) is 16.0 Å². The molecular formula is C44H66FN5O10. The van der Waals surface area contributed by atoms with Gasteiger partial charge >= 0.3 is 11.9 Å². The predicted octanol–water partition coefficient (Wildman–Crippen LogP) is 3.38. The molecule has 1 unspecified atom stereocenters. The van der Waals surface area contributed by atoms with Crippen LogP contribution in [0.15, 0.2) is 47.6 Å². The van der Waals surface area contributed by atoms with Gasteiger partial charge < -0.3 is 40.3 Å². The molecule has 16 heteroatoms. The van der Waals surface area contributed by atoms with Gasteiger partial charge in [-0.15, -0.1) is 0 Å². The molecule has 60 heavy (non-hydrogen) atoms. The maximum absolute atomic E-state index is 14.1. The first-order chi connectivity index (χ1) is 28.0. The fraction of sp³-hybridized carbons (Fsp3) is 0.614. The van der Waals surface area contributed by atoms with Gasteiger partial charge in [0.25, 0.3) is 5.91 Å². The Hall–Kier alpha value is -5.12. The van der Waals surface area contributed by atoms with E-state index in [0.717, 1.165) is 9.80 Å². The normalized spacial score (nSPS) is 28.6. The highest BCUT2D eigenvalue weighted by Gasteiger charge is 2.36. The van der Waals surface area contributed by atoms with E-state index in [9.17, 15) is 43.1 Å². The van der Waals surface area contributed by atoms with Crippen LogP contribution >= 0.6 is 0 Å². The summed E-state index contributed by atoms with van der Waals surface area (Å²) in [5.41, 5.74) is 1.24. The summed E-state index contributed by atoms with van der Waals surface area (Å²) in [6, 6.07) is 0.625. The van der Waals surface area contributed by atoms with E-state index in [-0.39, 0.29) is 30.8 Å². The second-order valence-electron chi connectivity index (χ2n) is 16.3. The van der Waals surface area contributed by atoms with Crippen molar-refractivity contribution in [1.82, 2.24) is 25.8 Å². The van der Waals surface area contributed by atoms with Gasteiger partial charge in [-0.1, -0.05) is 65.3 Å². The Bertz CT molecular complexity index is 1750. The molecule has 0 radical (unpaired) electrons. The zero-order chi connectivity index (χ0) is 45.6. The van der Waals surface area contributed by atoms with E-state index in [0.29, 0.717) is 17.6 Å². The van der Waals surface area contributed by atoms with Gasteiger partial charge in [0.15, 0.2) is 6.10 Å². The van der Waals surface area contributed by atoms with Crippen molar-refractivity contribution in [2.45, 2.75) is 137 Å². The number of cyclic esters (lactones) is 2. The van der Waals surface area contributed by atoms with Crippen LogP contribution in [-0.2, 0) is 49.5 Å². The lowest BCUT2D eigenvalue weighted by Crippen LogP contribution is -2.57. The topological polar surface area (TPSA) is 201 Å². The van der Waals surface area contributed by atoms with E-state index in [1.54, 1.807) is 33.8 Å². The molecule has 5 amide bonds. The molecular weight excluding hydrogens is 778 g/mol. The molecule has 0 aromatic heterocycles. The average molecular weight is 844 g/mol. The van der Waals surface area contributed by atoms with Crippen molar-refractivity contribution in [1.29, 1.82) is 0 Å². The zero-order valence-corrected chi connectivity index (χ0v) is 37.2. The predicted molar refractivity (Wildman–Crippen MR) is 223 cm³/mol. The summed E-state index contributed by atoms with van der Waals surface area (Å²) in [6.45, 7) is 16.2. The number of hydrogen-bond acceptors (Lipinski definition) is 10. The van der Waals surface area contributed by atoms with Crippen LogP contribution in [-0.4, -0.2) is 120 Å². The van der Waals surface area contributed by atoms with Gasteiger partial charge in [-0.05, 0) is 82.6 Å². The molecule has 0 spiro atoms. The van der Waals surface area contributed by atoms with Crippen LogP contribution in [0.1, 0.15) is 94.1 Å². The molecule has 0 bridgehead atoms. The minimum absolute atomic E-state index is 0.0400. The quantitative estimate of drug-likeness (QED) is 0.233. The van der Waals surface area contributed by atoms with Gasteiger partial charge in [-0.3, -0.25) is 24.0 Å². The second kappa shape index (κ2) is 23.6. The molecule has 15 nitrogen and oxygen atoms in total. The number of ether oxygens (including phenoxy) is 2. The van der Waals surface area contributed by atoms with Crippen LogP contribution in [0.5, 0.6) is 0 Å². The first kappa shape index (κ1) is 51.0. The number of esters is 2. The third-order valence-corrected chi connectivity index (χ3v) is 10.9. The number of likely N-dealkylation sites (N-methyl/N-ethyl adjacent to an activating group) is 2. The molecule has 1 aromatic carbocycles. The minimum atomic E-state index is -1.30. The largest absolute Gasteiger partial charge is 0.456 e. The number of aliphatic hydroxyl groups excluding tert-OH is 1. The lowest BCUT2D eigenvalue weighted by Gasteiger charge is -2.33. The Balaban J connectivity index is 2.63. The standard InChI is InChI=1S/C44H66FN5O10/c1-13-25(5)37-40(54)47-30(10)44(58)60-38(26(6)14-2)28(8)34(51)20-15-27(7)43(57)59-35(21-24(3)4)39(53)46-29(9)41(55)50(12)33(22-31-16-18-32(45)19-17-31)42(56)49(11)23-36(52)48-37/h14-19,24-25,28-30,33-35,37-38,51H,13,20-23H2,1-12H3,(H,46,53)(H,47,54)(H,48,52)/b26-14+,27-15+/t25?,28-,29-,30+,33+,34-,35+,37-,38+/m0/s1. The van der Waals surface area contributed by atoms with E-state index in [1.165, 1.54) is 65.2 Å². The maximum Gasteiger partial charge on any atom is 0.334 e. The summed E-state index contributed by atoms with van der Waals surface area (Å²) in [5, 5.41) is 19.2. The fourth-order valence-corrected chi connectivity index (χ4v) is 6.55. The molecule has 2 rings (SSSR count). The number of nitrogens with one attached hydrogen (secondary N) is 3. The Labute approximate surface area is 353 Å². The Morgan fingerprint density at radius 3 is 2.08 bits per heavy atom. The number of carbonyl (C=O) groups excluding carboxylic acids is 7. The number of allylic oxidation sites excluding steroid dienone is 1. The number of benzene rings is 1. The summed E-state index contributed by atoms with van der Waals surface area (Å²) in [4.78, 5) is 97.8. The van der Waals surface area contributed by atoms with Gasteiger partial charge in [0.1, 0.15) is 36.1 Å². The van der Waals surface area contributed by atoms with Crippen LogP contribution < -0.4 is 16.0 Å². The van der Waals surface area contributed by atoms with Crippen LogP contribution in [0.2, 0.25) is 0 Å². The Kier molecular flexibility index (Phi) is 20.1. The number of nitrogens with zero attached hydrogens (tertiary/aromatic N) is 2. The van der Waals surface area contributed by atoms with Gasteiger partial charge in [0.2, 0.25) is 23.6 Å². The van der Waals surface area contributed by atoms with Crippen LogP contribution in [0.3, 0.4) is 0 Å². The molecule has 1 heterocycles. The van der Waals surface area contributed by atoms with Crippen LogP contribution in [0.25, 0.3) is 0 Å². The fourth-order valence-electron chi connectivity index (χ4n) is 6.55. The molecule has 0 saturated heterocycles. The average Bonchev–Trinajstić information content (AvgIpc) is 3.20. The second-order valence-corrected chi connectivity index (χ2v) is 16.3. The van der Waals surface area contributed by atoms with Crippen molar-refractivity contribution in [3.63, 3.8) is 0 Å². The van der Waals surface area contributed by atoms with E-state index >= 15 is 0 Å². The van der Waals surface area contributed by atoms with Crippen molar-refractivity contribution >= 4 is 41.5 Å². The highest BCUT2D eigenvalue weighted by atomic mass is 19.1. The number of halogens is 1. The number of rotatable bonds is 7. The first-order valence-corrected chi connectivity index (χ1v) is 20.6. The molecule has 1 aliphatic rings. The van der Waals surface area contributed by atoms with Crippen LogP contribution in [0, 0.1) is 23.6 Å². The van der Waals surface area contributed by atoms with Gasteiger partial charge in [0, 0.05) is 32.0 Å². The van der Waals surface area contributed by atoms with Crippen molar-refractivity contribution in [2.75, 3.05) is 20.6 Å². The monoisotopic (exact) mass is 843 g/mol. The highest BCUT2D eigenvalue weighted by Crippen LogP contribution is 2.24. The summed E-state index contributed by atoms with van der Waals surface area (Å²) >= 11 is 0. The molecule has 334 valence electrons. The third kappa shape index (κ3) is 14.9. The van der Waals surface area contributed by atoms with E-state index in [4.69, 9.17) is 9.47 Å². The maximum atomic E-state index is 14.1. The lowest BCUT2D eigenvalue weighted by molar-refractivity contribution is -0.155. The number of hydrogen-bond donors (Lipinski definition) is 4. The first-order valence-electron chi connectivity index (χ1n) is 20.6.